The van der Waals surface area contributed by atoms with Gasteiger partial charge < -0.3 is 15.2 Å². The molecule has 1 aromatic carbocycles. The minimum atomic E-state index is -0.118. The molecule has 2 N–H and O–H groups in total. The topological polar surface area (TPSA) is 57.4 Å². The molecule has 0 amide bonds. The number of nitrogens with two attached hydrogens (primary N) is 1. The Kier molecular flexibility index (Phi) is 2.89. The first-order valence-corrected chi connectivity index (χ1v) is 7.76. The standard InChI is InChI=1S/C15H16N2O2S/c16-9-4-3-5-10-14(9)20-15(17-10)13-8-18-11-6-1-2-7-12(11)19-13/h1-2,6-7,9,13H,3-5,8,16H2. The summed E-state index contributed by atoms with van der Waals surface area (Å²) >= 11 is 1.68. The van der Waals surface area contributed by atoms with E-state index < -0.39 is 0 Å². The number of thiazole rings is 1. The van der Waals surface area contributed by atoms with E-state index in [4.69, 9.17) is 20.2 Å². The first-order valence-electron chi connectivity index (χ1n) is 6.95. The molecular formula is C15H16N2O2S. The van der Waals surface area contributed by atoms with Crippen LogP contribution in [0.2, 0.25) is 0 Å². The molecule has 0 fully saturated rings. The van der Waals surface area contributed by atoms with E-state index in [-0.39, 0.29) is 12.1 Å². The number of rotatable bonds is 1. The van der Waals surface area contributed by atoms with Crippen molar-refractivity contribution in [3.63, 3.8) is 0 Å². The summed E-state index contributed by atoms with van der Waals surface area (Å²) in [6.45, 7) is 0.513. The van der Waals surface area contributed by atoms with Gasteiger partial charge in [0, 0.05) is 10.9 Å². The van der Waals surface area contributed by atoms with Gasteiger partial charge >= 0.3 is 0 Å². The summed E-state index contributed by atoms with van der Waals surface area (Å²) in [6, 6.07) is 7.90. The van der Waals surface area contributed by atoms with Gasteiger partial charge in [0.2, 0.25) is 0 Å². The van der Waals surface area contributed by atoms with Gasteiger partial charge in [-0.1, -0.05) is 12.1 Å². The van der Waals surface area contributed by atoms with Gasteiger partial charge in [0.05, 0.1) is 5.69 Å². The molecule has 1 aliphatic carbocycles. The molecule has 0 saturated carbocycles. The fourth-order valence-corrected chi connectivity index (χ4v) is 3.91. The molecule has 4 rings (SSSR count). The van der Waals surface area contributed by atoms with E-state index in [2.05, 4.69) is 0 Å². The van der Waals surface area contributed by atoms with Gasteiger partial charge in [0.1, 0.15) is 11.6 Å². The van der Waals surface area contributed by atoms with Gasteiger partial charge in [0.15, 0.2) is 17.6 Å². The minimum Gasteiger partial charge on any atom is -0.485 e. The molecule has 2 aliphatic rings. The zero-order chi connectivity index (χ0) is 13.5. The molecule has 2 heterocycles. The summed E-state index contributed by atoms with van der Waals surface area (Å²) in [6.07, 6.45) is 3.10. The van der Waals surface area contributed by atoms with Crippen molar-refractivity contribution >= 4 is 11.3 Å². The first kappa shape index (κ1) is 12.2. The number of para-hydroxylation sites is 2. The Morgan fingerprint density at radius 2 is 2.10 bits per heavy atom. The second kappa shape index (κ2) is 4.75. The van der Waals surface area contributed by atoms with E-state index in [1.54, 1.807) is 11.3 Å². The molecular weight excluding hydrogens is 272 g/mol. The Hall–Kier alpha value is -1.59. The van der Waals surface area contributed by atoms with Crippen LogP contribution in [-0.2, 0) is 6.42 Å². The lowest BCUT2D eigenvalue weighted by molar-refractivity contribution is 0.0910. The van der Waals surface area contributed by atoms with E-state index in [0.717, 1.165) is 41.5 Å². The average Bonchev–Trinajstić information content (AvgIpc) is 2.92. The largest absolute Gasteiger partial charge is 0.485 e. The molecule has 4 nitrogen and oxygen atoms in total. The van der Waals surface area contributed by atoms with Gasteiger partial charge in [0.25, 0.3) is 0 Å². The van der Waals surface area contributed by atoms with E-state index in [0.29, 0.717) is 6.61 Å². The normalized spacial score (nSPS) is 24.2. The monoisotopic (exact) mass is 288 g/mol. The number of aromatic nitrogens is 1. The molecule has 1 aliphatic heterocycles. The quantitative estimate of drug-likeness (QED) is 0.876. The molecule has 104 valence electrons. The number of benzene rings is 1. The van der Waals surface area contributed by atoms with Crippen LogP contribution in [0.1, 0.15) is 40.6 Å². The van der Waals surface area contributed by atoms with E-state index in [1.807, 2.05) is 24.3 Å². The summed E-state index contributed by atoms with van der Waals surface area (Å²) in [4.78, 5) is 5.96. The van der Waals surface area contributed by atoms with Gasteiger partial charge in [-0.05, 0) is 31.4 Å². The van der Waals surface area contributed by atoms with Crippen LogP contribution in [0.15, 0.2) is 24.3 Å². The van der Waals surface area contributed by atoms with E-state index in [9.17, 15) is 0 Å². The molecule has 0 saturated heterocycles. The second-order valence-electron chi connectivity index (χ2n) is 5.23. The molecule has 1 aromatic heterocycles. The predicted molar refractivity (Wildman–Crippen MR) is 77.3 cm³/mol. The van der Waals surface area contributed by atoms with Crippen molar-refractivity contribution in [2.45, 2.75) is 31.4 Å². The lowest BCUT2D eigenvalue weighted by atomic mass is 9.99. The van der Waals surface area contributed by atoms with Crippen molar-refractivity contribution in [1.82, 2.24) is 4.98 Å². The number of nitrogens with zero attached hydrogens (tertiary/aromatic N) is 1. The highest BCUT2D eigenvalue weighted by atomic mass is 32.1. The SMILES string of the molecule is NC1CCCc2nc(C3COc4ccccc4O3)sc21. The fraction of sp³-hybridized carbons (Fsp3) is 0.400. The zero-order valence-corrected chi connectivity index (χ0v) is 11.9. The summed E-state index contributed by atoms with van der Waals surface area (Å²) in [5, 5.41) is 0.988. The van der Waals surface area contributed by atoms with Crippen LogP contribution in [0, 0.1) is 0 Å². The molecule has 2 unspecified atom stereocenters. The molecule has 2 atom stereocenters. The maximum Gasteiger partial charge on any atom is 0.184 e. The van der Waals surface area contributed by atoms with Crippen molar-refractivity contribution in [3.8, 4) is 11.5 Å². The lowest BCUT2D eigenvalue weighted by Crippen LogP contribution is -2.21. The predicted octanol–water partition coefficient (Wildman–Crippen LogP) is 2.99. The maximum atomic E-state index is 6.16. The highest BCUT2D eigenvalue weighted by Crippen LogP contribution is 2.40. The van der Waals surface area contributed by atoms with Gasteiger partial charge in [-0.3, -0.25) is 0 Å². The van der Waals surface area contributed by atoms with E-state index in [1.165, 1.54) is 4.88 Å². The van der Waals surface area contributed by atoms with Crippen LogP contribution in [0.3, 0.4) is 0 Å². The van der Waals surface area contributed by atoms with Crippen LogP contribution in [0.5, 0.6) is 11.5 Å². The number of aryl methyl sites for hydroxylation is 1. The van der Waals surface area contributed by atoms with Gasteiger partial charge in [-0.15, -0.1) is 11.3 Å². The molecule has 2 aromatic rings. The van der Waals surface area contributed by atoms with Gasteiger partial charge in [-0.2, -0.15) is 0 Å². The third kappa shape index (κ3) is 1.98. The third-order valence-electron chi connectivity index (χ3n) is 3.79. The number of fused-ring (bicyclic) bond motifs is 2. The minimum absolute atomic E-state index is 0.118. The molecule has 20 heavy (non-hydrogen) atoms. The average molecular weight is 288 g/mol. The van der Waals surface area contributed by atoms with Crippen molar-refractivity contribution in [1.29, 1.82) is 0 Å². The molecule has 5 heteroatoms. The maximum absolute atomic E-state index is 6.16. The molecule has 0 radical (unpaired) electrons. The van der Waals surface area contributed by atoms with Crippen molar-refractivity contribution in [3.05, 3.63) is 39.8 Å². The Labute approximate surface area is 121 Å². The smallest absolute Gasteiger partial charge is 0.184 e. The Morgan fingerprint density at radius 1 is 1.25 bits per heavy atom. The zero-order valence-electron chi connectivity index (χ0n) is 11.0. The molecule has 0 spiro atoms. The van der Waals surface area contributed by atoms with Crippen molar-refractivity contribution in [2.24, 2.45) is 5.73 Å². The van der Waals surface area contributed by atoms with Crippen LogP contribution >= 0.6 is 11.3 Å². The van der Waals surface area contributed by atoms with Crippen LogP contribution in [-0.4, -0.2) is 11.6 Å². The molecule has 0 bridgehead atoms. The van der Waals surface area contributed by atoms with Gasteiger partial charge in [-0.25, -0.2) is 4.98 Å². The number of ether oxygens (including phenoxy) is 2. The second-order valence-corrected chi connectivity index (χ2v) is 6.29. The van der Waals surface area contributed by atoms with Crippen LogP contribution in [0.25, 0.3) is 0 Å². The summed E-state index contributed by atoms with van der Waals surface area (Å²) in [5.41, 5.74) is 7.32. The number of hydrogen-bond acceptors (Lipinski definition) is 5. The Balaban J connectivity index is 1.63. The summed E-state index contributed by atoms with van der Waals surface area (Å²) in [7, 11) is 0. The Morgan fingerprint density at radius 3 is 2.95 bits per heavy atom. The van der Waals surface area contributed by atoms with E-state index >= 15 is 0 Å². The van der Waals surface area contributed by atoms with Crippen LogP contribution < -0.4 is 15.2 Å². The third-order valence-corrected chi connectivity index (χ3v) is 5.12. The lowest BCUT2D eigenvalue weighted by Gasteiger charge is -2.24. The first-order chi connectivity index (χ1) is 9.81. The highest BCUT2D eigenvalue weighted by molar-refractivity contribution is 7.11. The fourth-order valence-electron chi connectivity index (χ4n) is 2.75. The summed E-state index contributed by atoms with van der Waals surface area (Å²) < 4.78 is 11.8. The summed E-state index contributed by atoms with van der Waals surface area (Å²) in [5.74, 6) is 1.60. The highest BCUT2D eigenvalue weighted by Gasteiger charge is 2.29. The Bertz CT molecular complexity index is 641. The van der Waals surface area contributed by atoms with Crippen molar-refractivity contribution in [2.75, 3.05) is 6.61 Å². The van der Waals surface area contributed by atoms with Crippen LogP contribution in [0.4, 0.5) is 0 Å². The number of hydrogen-bond donors (Lipinski definition) is 1. The van der Waals surface area contributed by atoms with Crippen molar-refractivity contribution < 1.29 is 9.47 Å².